The van der Waals surface area contributed by atoms with Crippen LogP contribution in [0.25, 0.3) is 0 Å². The lowest BCUT2D eigenvalue weighted by atomic mass is 10.0. The normalized spacial score (nSPS) is 15.8. The number of pyridine rings is 1. The fourth-order valence-corrected chi connectivity index (χ4v) is 4.18. The molecule has 2 aromatic rings. The van der Waals surface area contributed by atoms with Crippen LogP contribution in [0.1, 0.15) is 35.4 Å². The van der Waals surface area contributed by atoms with Crippen LogP contribution in [0, 0.1) is 5.92 Å². The number of aromatic hydroxyl groups is 1. The van der Waals surface area contributed by atoms with Crippen molar-refractivity contribution in [3.63, 3.8) is 0 Å². The SMILES string of the molecule is CC1CN=C(Nc2cc(=O)cc(C(=O)NCC(=O)N[C@@H](CC(=O)O)c3cc(Cl)cc(Br)c3O)[nH]2)NC1. The van der Waals surface area contributed by atoms with Gasteiger partial charge >= 0.3 is 5.97 Å². The Balaban J connectivity index is 1.66. The largest absolute Gasteiger partial charge is 0.506 e. The van der Waals surface area contributed by atoms with E-state index in [4.69, 9.17) is 11.6 Å². The van der Waals surface area contributed by atoms with Crippen LogP contribution in [-0.2, 0) is 9.59 Å². The number of carbonyl (C=O) groups excluding carboxylic acids is 2. The Labute approximate surface area is 218 Å². The van der Waals surface area contributed by atoms with E-state index in [1.54, 1.807) is 0 Å². The molecule has 0 aliphatic carbocycles. The van der Waals surface area contributed by atoms with Gasteiger partial charge in [-0.1, -0.05) is 18.5 Å². The zero-order valence-corrected chi connectivity index (χ0v) is 21.4. The minimum atomic E-state index is -1.23. The number of amides is 2. The number of anilines is 1. The second-order valence-electron chi connectivity index (χ2n) is 8.17. The van der Waals surface area contributed by atoms with E-state index in [9.17, 15) is 29.4 Å². The van der Waals surface area contributed by atoms with E-state index in [0.29, 0.717) is 25.0 Å². The average molecular weight is 584 g/mol. The first-order chi connectivity index (χ1) is 17.0. The highest BCUT2D eigenvalue weighted by atomic mass is 79.9. The third kappa shape index (κ3) is 7.46. The van der Waals surface area contributed by atoms with Crippen LogP contribution >= 0.6 is 27.5 Å². The first kappa shape index (κ1) is 27.0. The maximum atomic E-state index is 12.6. The van der Waals surface area contributed by atoms with Crippen LogP contribution in [0.15, 0.2) is 38.5 Å². The van der Waals surface area contributed by atoms with Crippen LogP contribution in [0.3, 0.4) is 0 Å². The predicted octanol–water partition coefficient (Wildman–Crippen LogP) is 1.57. The summed E-state index contributed by atoms with van der Waals surface area (Å²) in [5, 5.41) is 30.6. The van der Waals surface area contributed by atoms with Crippen molar-refractivity contribution in [2.75, 3.05) is 25.0 Å². The number of halogens is 2. The highest BCUT2D eigenvalue weighted by Gasteiger charge is 2.23. The number of hydrogen-bond donors (Lipinski definition) is 7. The molecule has 3 rings (SSSR count). The molecule has 12 nitrogen and oxygen atoms in total. The van der Waals surface area contributed by atoms with Gasteiger partial charge in [0, 0.05) is 35.8 Å². The van der Waals surface area contributed by atoms with E-state index in [0.717, 1.165) is 6.07 Å². The van der Waals surface area contributed by atoms with Gasteiger partial charge in [0.1, 0.15) is 17.3 Å². The molecule has 1 unspecified atom stereocenters. The lowest BCUT2D eigenvalue weighted by Gasteiger charge is -2.20. The van der Waals surface area contributed by atoms with Crippen molar-refractivity contribution in [3.8, 4) is 5.75 Å². The van der Waals surface area contributed by atoms with E-state index in [2.05, 4.69) is 47.2 Å². The van der Waals surface area contributed by atoms with Gasteiger partial charge in [-0.3, -0.25) is 24.2 Å². The zero-order chi connectivity index (χ0) is 26.4. The van der Waals surface area contributed by atoms with Gasteiger partial charge in [0.05, 0.1) is 23.5 Å². The summed E-state index contributed by atoms with van der Waals surface area (Å²) in [5.41, 5.74) is -0.451. The van der Waals surface area contributed by atoms with E-state index >= 15 is 0 Å². The number of benzene rings is 1. The zero-order valence-electron chi connectivity index (χ0n) is 19.0. The van der Waals surface area contributed by atoms with Gasteiger partial charge in [-0.05, 0) is 34.0 Å². The Morgan fingerprint density at radius 1 is 1.28 bits per heavy atom. The Hall–Kier alpha value is -3.58. The monoisotopic (exact) mass is 582 g/mol. The molecule has 0 fully saturated rings. The minimum Gasteiger partial charge on any atom is -0.506 e. The molecule has 1 aromatic carbocycles. The topological polar surface area (TPSA) is 185 Å². The molecule has 0 bridgehead atoms. The molecule has 192 valence electrons. The van der Waals surface area contributed by atoms with Crippen molar-refractivity contribution in [2.24, 2.45) is 10.9 Å². The number of nitrogens with one attached hydrogen (secondary N) is 5. The number of carboxylic acids is 1. The predicted molar refractivity (Wildman–Crippen MR) is 136 cm³/mol. The number of rotatable bonds is 8. The Morgan fingerprint density at radius 2 is 2.03 bits per heavy atom. The van der Waals surface area contributed by atoms with Gasteiger partial charge in [-0.15, -0.1) is 0 Å². The summed E-state index contributed by atoms with van der Waals surface area (Å²) in [4.78, 5) is 55.5. The summed E-state index contributed by atoms with van der Waals surface area (Å²) >= 11 is 9.12. The maximum Gasteiger partial charge on any atom is 0.305 e. The summed E-state index contributed by atoms with van der Waals surface area (Å²) in [7, 11) is 0. The number of carbonyl (C=O) groups is 3. The fourth-order valence-electron chi connectivity index (χ4n) is 3.35. The van der Waals surface area contributed by atoms with Crippen molar-refractivity contribution in [1.82, 2.24) is 20.9 Å². The lowest BCUT2D eigenvalue weighted by molar-refractivity contribution is -0.137. The molecule has 2 atom stereocenters. The molecule has 7 N–H and O–H groups in total. The maximum absolute atomic E-state index is 12.6. The van der Waals surface area contributed by atoms with E-state index in [-0.39, 0.29) is 32.3 Å². The van der Waals surface area contributed by atoms with Crippen molar-refractivity contribution >= 4 is 57.1 Å². The molecule has 0 radical (unpaired) electrons. The number of aromatic nitrogens is 1. The standard InChI is InChI=1S/C22H24BrClN6O6/c1-10-7-26-22(27-8-10)30-17-5-12(31)4-16(28-17)21(36)25-9-18(32)29-15(6-19(33)34)13-2-11(24)3-14(23)20(13)35/h2-5,10,15,35H,6-9H2,1H3,(H,25,36)(H,29,32)(H,33,34)(H3,26,27,28,30,31)/t15-/m0/s1. The van der Waals surface area contributed by atoms with Gasteiger partial charge < -0.3 is 36.5 Å². The molecule has 0 saturated heterocycles. The number of phenolic OH excluding ortho intramolecular Hbond substituents is 1. The first-order valence-corrected chi connectivity index (χ1v) is 12.0. The third-order valence-electron chi connectivity index (χ3n) is 5.08. The van der Waals surface area contributed by atoms with E-state index in [1.807, 2.05) is 6.92 Å². The van der Waals surface area contributed by atoms with Gasteiger partial charge in [-0.25, -0.2) is 0 Å². The van der Waals surface area contributed by atoms with Crippen molar-refractivity contribution < 1.29 is 24.6 Å². The second-order valence-corrected chi connectivity index (χ2v) is 9.46. The molecule has 1 aliphatic heterocycles. The lowest BCUT2D eigenvalue weighted by Crippen LogP contribution is -2.40. The van der Waals surface area contributed by atoms with Gasteiger partial charge in [0.15, 0.2) is 11.4 Å². The van der Waals surface area contributed by atoms with Crippen molar-refractivity contribution in [3.05, 3.63) is 55.2 Å². The number of guanidine groups is 1. The average Bonchev–Trinajstić information content (AvgIpc) is 2.80. The highest BCUT2D eigenvalue weighted by Crippen LogP contribution is 2.36. The number of aromatic amines is 1. The second kappa shape index (κ2) is 11.9. The number of nitrogens with zero attached hydrogens (tertiary/aromatic N) is 1. The van der Waals surface area contributed by atoms with E-state index < -0.39 is 42.2 Å². The van der Waals surface area contributed by atoms with Crippen LogP contribution in [0.2, 0.25) is 5.02 Å². The summed E-state index contributed by atoms with van der Waals surface area (Å²) in [6.07, 6.45) is -0.544. The molecule has 1 aromatic heterocycles. The van der Waals surface area contributed by atoms with Crippen molar-refractivity contribution in [2.45, 2.75) is 19.4 Å². The Bertz CT molecular complexity index is 1270. The van der Waals surface area contributed by atoms with Gasteiger partial charge in [0.2, 0.25) is 5.91 Å². The molecule has 0 spiro atoms. The summed E-state index contributed by atoms with van der Waals surface area (Å²) < 4.78 is 0.226. The van der Waals surface area contributed by atoms with Gasteiger partial charge in [-0.2, -0.15) is 0 Å². The summed E-state index contributed by atoms with van der Waals surface area (Å²) in [6.45, 7) is 2.83. The van der Waals surface area contributed by atoms with Gasteiger partial charge in [0.25, 0.3) is 5.91 Å². The number of H-pyrrole nitrogens is 1. The Kier molecular flexibility index (Phi) is 8.93. The number of carboxylic acid groups (broad SMARTS) is 1. The number of phenols is 1. The Morgan fingerprint density at radius 3 is 2.69 bits per heavy atom. The molecule has 0 saturated carbocycles. The third-order valence-corrected chi connectivity index (χ3v) is 5.90. The molecular weight excluding hydrogens is 560 g/mol. The molecular formula is C22H24BrClN6O6. The molecule has 2 amide bonds. The van der Waals surface area contributed by atoms with Crippen LogP contribution in [-0.4, -0.2) is 58.6 Å². The number of aliphatic imine (C=N–C) groups is 1. The molecule has 2 heterocycles. The number of hydrogen-bond acceptors (Lipinski definition) is 8. The van der Waals surface area contributed by atoms with Crippen molar-refractivity contribution in [1.29, 1.82) is 0 Å². The molecule has 1 aliphatic rings. The quantitative estimate of drug-likeness (QED) is 0.244. The van der Waals surface area contributed by atoms with E-state index in [1.165, 1.54) is 18.2 Å². The summed E-state index contributed by atoms with van der Waals surface area (Å²) in [6, 6.07) is 3.97. The smallest absolute Gasteiger partial charge is 0.305 e. The first-order valence-electron chi connectivity index (χ1n) is 10.8. The van der Waals surface area contributed by atoms with Crippen LogP contribution in [0.5, 0.6) is 5.75 Å². The number of aliphatic carboxylic acids is 1. The molecule has 36 heavy (non-hydrogen) atoms. The van der Waals surface area contributed by atoms with Crippen LogP contribution in [0.4, 0.5) is 5.82 Å². The molecule has 14 heteroatoms. The minimum absolute atomic E-state index is 0.0909. The highest BCUT2D eigenvalue weighted by molar-refractivity contribution is 9.10. The van der Waals surface area contributed by atoms with Crippen LogP contribution < -0.4 is 26.7 Å². The summed E-state index contributed by atoms with van der Waals surface area (Å²) in [5.74, 6) is -1.89. The fraction of sp³-hybridized carbons (Fsp3) is 0.318.